The lowest BCUT2D eigenvalue weighted by Crippen LogP contribution is -2.63. The number of esters is 1. The Morgan fingerprint density at radius 1 is 1.33 bits per heavy atom. The molecule has 6 nitrogen and oxygen atoms in total. The van der Waals surface area contributed by atoms with Gasteiger partial charge in [-0.3, -0.25) is 0 Å². The van der Waals surface area contributed by atoms with Gasteiger partial charge in [0.1, 0.15) is 17.4 Å². The van der Waals surface area contributed by atoms with Gasteiger partial charge in [0, 0.05) is 5.92 Å². The minimum Gasteiger partial charge on any atom is -0.467 e. The summed E-state index contributed by atoms with van der Waals surface area (Å²) in [6.07, 6.45) is 0.597. The third-order valence-corrected chi connectivity index (χ3v) is 2.73. The summed E-state index contributed by atoms with van der Waals surface area (Å²) in [4.78, 5) is 33.9. The smallest absolute Gasteiger partial charge is 0.408 e. The molecule has 0 aliphatic heterocycles. The van der Waals surface area contributed by atoms with Crippen molar-refractivity contribution in [3.63, 3.8) is 0 Å². The lowest BCUT2D eigenvalue weighted by Gasteiger charge is -2.43. The number of carbonyl (C=O) groups excluding carboxylic acids is 3. The van der Waals surface area contributed by atoms with Crippen LogP contribution in [0, 0.1) is 5.92 Å². The second-order valence-electron chi connectivity index (χ2n) is 5.50. The summed E-state index contributed by atoms with van der Waals surface area (Å²) in [6.45, 7) is 5.19. The summed E-state index contributed by atoms with van der Waals surface area (Å²) >= 11 is 0. The maximum atomic E-state index is 11.7. The van der Waals surface area contributed by atoms with E-state index < -0.39 is 23.2 Å². The Hall–Kier alpha value is -1.59. The topological polar surface area (TPSA) is 81.7 Å². The Bertz CT molecular complexity index is 352. The van der Waals surface area contributed by atoms with Gasteiger partial charge in [0.15, 0.2) is 0 Å². The Labute approximate surface area is 106 Å². The summed E-state index contributed by atoms with van der Waals surface area (Å²) in [5.41, 5.74) is -1.77. The molecular formula is C12H19NO5. The quantitative estimate of drug-likeness (QED) is 0.603. The largest absolute Gasteiger partial charge is 0.467 e. The highest BCUT2D eigenvalue weighted by molar-refractivity contribution is 5.88. The van der Waals surface area contributed by atoms with E-state index in [2.05, 4.69) is 10.1 Å². The molecule has 6 heteroatoms. The summed E-state index contributed by atoms with van der Waals surface area (Å²) in [6, 6.07) is 0. The number of methoxy groups -OCH3 is 1. The van der Waals surface area contributed by atoms with E-state index in [1.54, 1.807) is 20.8 Å². The first-order valence-corrected chi connectivity index (χ1v) is 5.77. The monoisotopic (exact) mass is 257 g/mol. The molecule has 1 rings (SSSR count). The molecule has 102 valence electrons. The highest BCUT2D eigenvalue weighted by Gasteiger charge is 2.52. The van der Waals surface area contributed by atoms with Gasteiger partial charge in [-0.05, 0) is 33.6 Å². The molecule has 1 amide bonds. The highest BCUT2D eigenvalue weighted by Crippen LogP contribution is 2.37. The minimum atomic E-state index is -1.12. The SMILES string of the molecule is COC(=O)C1(NC(=O)OC(C)(C)C)CC(C=O)C1. The average molecular weight is 257 g/mol. The predicted octanol–water partition coefficient (Wildman–Crippen LogP) is 1.03. The summed E-state index contributed by atoms with van der Waals surface area (Å²) in [5.74, 6) is -0.773. The van der Waals surface area contributed by atoms with Crippen molar-refractivity contribution in [3.05, 3.63) is 0 Å². The van der Waals surface area contributed by atoms with Crippen LogP contribution >= 0.6 is 0 Å². The number of hydrogen-bond acceptors (Lipinski definition) is 5. The van der Waals surface area contributed by atoms with Crippen LogP contribution in [0.4, 0.5) is 4.79 Å². The van der Waals surface area contributed by atoms with E-state index >= 15 is 0 Å². The van der Waals surface area contributed by atoms with E-state index in [1.165, 1.54) is 7.11 Å². The zero-order valence-corrected chi connectivity index (χ0v) is 11.1. The number of hydrogen-bond donors (Lipinski definition) is 1. The van der Waals surface area contributed by atoms with Gasteiger partial charge in [0.25, 0.3) is 0 Å². The average Bonchev–Trinajstić information content (AvgIpc) is 2.18. The third kappa shape index (κ3) is 3.21. The van der Waals surface area contributed by atoms with Crippen molar-refractivity contribution in [1.82, 2.24) is 5.32 Å². The summed E-state index contributed by atoms with van der Waals surface area (Å²) in [5, 5.41) is 2.51. The van der Waals surface area contributed by atoms with Crippen LogP contribution < -0.4 is 5.32 Å². The fourth-order valence-corrected chi connectivity index (χ4v) is 1.95. The molecule has 18 heavy (non-hydrogen) atoms. The molecule has 0 saturated heterocycles. The summed E-state index contributed by atoms with van der Waals surface area (Å²) in [7, 11) is 1.25. The van der Waals surface area contributed by atoms with Crippen LogP contribution in [0.1, 0.15) is 33.6 Å². The first-order valence-electron chi connectivity index (χ1n) is 5.77. The fraction of sp³-hybridized carbons (Fsp3) is 0.750. The van der Waals surface area contributed by atoms with E-state index in [1.807, 2.05) is 0 Å². The Kier molecular flexibility index (Phi) is 3.98. The predicted molar refractivity (Wildman–Crippen MR) is 62.9 cm³/mol. The van der Waals surface area contributed by atoms with Crippen LogP contribution in [0.15, 0.2) is 0 Å². The Balaban J connectivity index is 2.67. The molecule has 0 spiro atoms. The number of aldehydes is 1. The van der Waals surface area contributed by atoms with Crippen molar-refractivity contribution < 1.29 is 23.9 Å². The molecule has 0 heterocycles. The normalized spacial score (nSPS) is 26.8. The minimum absolute atomic E-state index is 0.223. The maximum absolute atomic E-state index is 11.7. The summed E-state index contributed by atoms with van der Waals surface area (Å²) < 4.78 is 9.74. The third-order valence-electron chi connectivity index (χ3n) is 2.73. The van der Waals surface area contributed by atoms with Crippen LogP contribution in [0.25, 0.3) is 0 Å². The van der Waals surface area contributed by atoms with E-state index in [4.69, 9.17) is 4.74 Å². The van der Waals surface area contributed by atoms with Gasteiger partial charge in [-0.25, -0.2) is 9.59 Å². The number of alkyl carbamates (subject to hydrolysis) is 1. The first kappa shape index (κ1) is 14.5. The Morgan fingerprint density at radius 3 is 2.28 bits per heavy atom. The maximum Gasteiger partial charge on any atom is 0.408 e. The second kappa shape index (κ2) is 4.96. The van der Waals surface area contributed by atoms with Crippen LogP contribution in [0.5, 0.6) is 0 Å². The molecule has 1 fully saturated rings. The number of nitrogens with one attached hydrogen (secondary N) is 1. The number of ether oxygens (including phenoxy) is 2. The highest BCUT2D eigenvalue weighted by atomic mass is 16.6. The van der Waals surface area contributed by atoms with Gasteiger partial charge in [-0.1, -0.05) is 0 Å². The van der Waals surface area contributed by atoms with Crippen LogP contribution in [0.3, 0.4) is 0 Å². The second-order valence-corrected chi connectivity index (χ2v) is 5.50. The van der Waals surface area contributed by atoms with Gasteiger partial charge in [0.05, 0.1) is 7.11 Å². The van der Waals surface area contributed by atoms with Gasteiger partial charge < -0.3 is 19.6 Å². The molecule has 0 aromatic heterocycles. The van der Waals surface area contributed by atoms with Crippen molar-refractivity contribution in [2.75, 3.05) is 7.11 Å². The first-order chi connectivity index (χ1) is 8.22. The van der Waals surface area contributed by atoms with E-state index in [9.17, 15) is 14.4 Å². The van der Waals surface area contributed by atoms with Crippen molar-refractivity contribution >= 4 is 18.3 Å². The molecule has 0 unspecified atom stereocenters. The van der Waals surface area contributed by atoms with Crippen molar-refractivity contribution in [2.45, 2.75) is 44.8 Å². The molecule has 0 aromatic carbocycles. The van der Waals surface area contributed by atoms with Gasteiger partial charge in [0.2, 0.25) is 0 Å². The van der Waals surface area contributed by atoms with Gasteiger partial charge in [-0.2, -0.15) is 0 Å². The van der Waals surface area contributed by atoms with Crippen molar-refractivity contribution in [2.24, 2.45) is 5.92 Å². The van der Waals surface area contributed by atoms with Crippen LogP contribution in [-0.2, 0) is 19.1 Å². The standard InChI is InChI=1S/C12H19NO5/c1-11(2,3)18-10(16)13-12(9(15)17-4)5-8(6-12)7-14/h7-8H,5-6H2,1-4H3,(H,13,16). The van der Waals surface area contributed by atoms with Crippen LogP contribution in [0.2, 0.25) is 0 Å². The molecule has 1 N–H and O–H groups in total. The molecule has 0 radical (unpaired) electrons. The van der Waals surface area contributed by atoms with Gasteiger partial charge in [-0.15, -0.1) is 0 Å². The van der Waals surface area contributed by atoms with E-state index in [0.29, 0.717) is 0 Å². The molecule has 0 atom stereocenters. The number of carbonyl (C=O) groups is 3. The van der Waals surface area contributed by atoms with E-state index in [-0.39, 0.29) is 18.8 Å². The van der Waals surface area contributed by atoms with Crippen LogP contribution in [-0.4, -0.2) is 36.6 Å². The number of amides is 1. The van der Waals surface area contributed by atoms with Crippen molar-refractivity contribution in [1.29, 1.82) is 0 Å². The molecule has 0 bridgehead atoms. The van der Waals surface area contributed by atoms with E-state index in [0.717, 1.165) is 6.29 Å². The molecule has 1 aliphatic carbocycles. The zero-order chi connectivity index (χ0) is 14.0. The lowest BCUT2D eigenvalue weighted by molar-refractivity contribution is -0.155. The lowest BCUT2D eigenvalue weighted by atomic mass is 9.69. The Morgan fingerprint density at radius 2 is 1.89 bits per heavy atom. The fourth-order valence-electron chi connectivity index (χ4n) is 1.95. The molecular weight excluding hydrogens is 238 g/mol. The van der Waals surface area contributed by atoms with Crippen molar-refractivity contribution in [3.8, 4) is 0 Å². The molecule has 0 aromatic rings. The molecule has 1 saturated carbocycles. The number of rotatable bonds is 3. The van der Waals surface area contributed by atoms with Gasteiger partial charge >= 0.3 is 12.1 Å². The zero-order valence-electron chi connectivity index (χ0n) is 11.1. The molecule has 1 aliphatic rings.